The van der Waals surface area contributed by atoms with Crippen LogP contribution in [0.1, 0.15) is 92.1 Å². The van der Waals surface area contributed by atoms with Crippen LogP contribution in [0.15, 0.2) is 61.1 Å². The van der Waals surface area contributed by atoms with E-state index < -0.39 is 110 Å². The van der Waals surface area contributed by atoms with E-state index in [9.17, 15) is 24.7 Å². The zero-order valence-corrected chi connectivity index (χ0v) is 36.8. The van der Waals surface area contributed by atoms with E-state index in [0.717, 1.165) is 24.3 Å². The van der Waals surface area contributed by atoms with E-state index in [1.807, 2.05) is 0 Å². The standard InChI is InChI=1S/C48H64F2N8O6/c1-11-39(55-45(59)27(7)51-9)47(61)57-23-33(63-25(3)4)19-31(57)21-37-35-15-13-29(49)17-41(35)53-43(37)44-38(36-16-14-30(50)18-42(36)54-44)22-32-20-34(64-26(5)6)24-58(32)48(62)40(12-2)56-46(60)28(8)52-10/h13-18,27-28,31-34,39-40,51-54H,3,5,11-12,19-24H2,1-2,4,6-10H3,(H,55,59)(H,56,60)/t27-,28-,31-,32-,33-,34-,39-,40-/m0/s1/i9D3,10D3,21D2,22D2. The first-order valence-corrected chi connectivity index (χ1v) is 21.3. The lowest BCUT2D eigenvalue weighted by molar-refractivity contribution is -0.138. The molecule has 0 saturated carbocycles. The van der Waals surface area contributed by atoms with Crippen molar-refractivity contribution in [2.24, 2.45) is 0 Å². The molecule has 6 rings (SSSR count). The number of likely N-dealkylation sites (tertiary alicyclic amines) is 2. The number of aromatic nitrogens is 2. The number of rotatable bonds is 19. The first-order valence-electron chi connectivity index (χ1n) is 26.3. The third-order valence-corrected chi connectivity index (χ3v) is 11.5. The third kappa shape index (κ3) is 10.4. The SMILES string of the molecule is [2H]C([2H])([2H])N[C@@H](C)C(=O)N[C@@H](CC)C(=O)N1C[C@@H](OC(=C)C)C[C@H]1C([2H])([2H])c1c(-c2[nH]c3cc(F)ccc3c2C([2H])([2H])[C@@H]2C[C@H](OC(=C)C)CN2C(=O)[C@H](CC)NC(=O)[C@H](C)NC([2H])([2H])[2H])[nH]c2cc(F)ccc12. The van der Waals surface area contributed by atoms with E-state index in [0.29, 0.717) is 0 Å². The van der Waals surface area contributed by atoms with E-state index in [2.05, 4.69) is 44.4 Å². The van der Waals surface area contributed by atoms with Gasteiger partial charge in [-0.2, -0.15) is 0 Å². The topological polar surface area (TPSA) is 173 Å². The smallest absolute Gasteiger partial charge is 0.245 e. The maximum atomic E-state index is 15.2. The number of ether oxygens (including phenoxy) is 2. The molecule has 0 aliphatic carbocycles. The van der Waals surface area contributed by atoms with Crippen LogP contribution in [-0.4, -0.2) is 119 Å². The summed E-state index contributed by atoms with van der Waals surface area (Å²) in [6.45, 7) is 10.9. The molecule has 8 atom stereocenters. The molecule has 2 aliphatic heterocycles. The number of benzene rings is 2. The van der Waals surface area contributed by atoms with Crippen LogP contribution >= 0.6 is 0 Å². The fourth-order valence-electron chi connectivity index (χ4n) is 8.24. The van der Waals surface area contributed by atoms with Crippen LogP contribution < -0.4 is 21.3 Å². The summed E-state index contributed by atoms with van der Waals surface area (Å²) in [5, 5.41) is 9.83. The molecule has 2 fully saturated rings. The zero-order valence-electron chi connectivity index (χ0n) is 46.8. The molecule has 16 heteroatoms. The molecule has 346 valence electrons. The average Bonchev–Trinajstić information content (AvgIpc) is 4.08. The summed E-state index contributed by atoms with van der Waals surface area (Å²) < 4.78 is 128. The summed E-state index contributed by atoms with van der Waals surface area (Å²) in [7, 11) is 0. The number of hydrogen-bond acceptors (Lipinski definition) is 8. The Kier molecular flexibility index (Phi) is 11.3. The van der Waals surface area contributed by atoms with Gasteiger partial charge in [0.15, 0.2) is 0 Å². The molecule has 6 N–H and O–H groups in total. The van der Waals surface area contributed by atoms with E-state index in [1.165, 1.54) is 35.8 Å². The Labute approximate surface area is 388 Å². The zero-order chi connectivity index (χ0) is 55.2. The Bertz CT molecular complexity index is 2620. The highest BCUT2D eigenvalue weighted by Gasteiger charge is 2.42. The van der Waals surface area contributed by atoms with E-state index >= 15 is 8.78 Å². The van der Waals surface area contributed by atoms with Crippen molar-refractivity contribution < 1.29 is 51.1 Å². The van der Waals surface area contributed by atoms with Crippen LogP contribution in [0.4, 0.5) is 8.78 Å². The molecule has 4 amide bonds. The lowest BCUT2D eigenvalue weighted by atomic mass is 9.94. The van der Waals surface area contributed by atoms with Gasteiger partial charge in [-0.15, -0.1) is 0 Å². The van der Waals surface area contributed by atoms with E-state index in [1.54, 1.807) is 27.7 Å². The first kappa shape index (κ1) is 35.6. The molecule has 2 aliphatic rings. The summed E-state index contributed by atoms with van der Waals surface area (Å²) >= 11 is 0. The molecular weight excluding hydrogens is 823 g/mol. The second kappa shape index (κ2) is 20.4. The van der Waals surface area contributed by atoms with E-state index in [-0.39, 0.29) is 94.6 Å². The van der Waals surface area contributed by atoms with Crippen LogP contribution in [0.2, 0.25) is 0 Å². The normalized spacial score (nSPS) is 23.7. The van der Waals surface area contributed by atoms with E-state index in [4.69, 9.17) is 17.7 Å². The minimum absolute atomic E-state index is 0.0102. The maximum Gasteiger partial charge on any atom is 0.245 e. The second-order valence-corrected chi connectivity index (χ2v) is 16.5. The Hall–Kier alpha value is -5.74. The number of halogens is 2. The third-order valence-electron chi connectivity index (χ3n) is 11.5. The summed E-state index contributed by atoms with van der Waals surface area (Å²) in [5.41, 5.74) is -0.447. The van der Waals surface area contributed by atoms with Crippen LogP contribution in [-0.2, 0) is 41.4 Å². The van der Waals surface area contributed by atoms with Crippen LogP contribution in [0.25, 0.3) is 33.2 Å². The number of nitrogens with one attached hydrogen (secondary N) is 6. The second-order valence-electron chi connectivity index (χ2n) is 16.5. The number of nitrogens with zero attached hydrogens (tertiary/aromatic N) is 2. The highest BCUT2D eigenvalue weighted by Crippen LogP contribution is 2.40. The largest absolute Gasteiger partial charge is 0.494 e. The Balaban J connectivity index is 1.52. The Morgan fingerprint density at radius 2 is 1.14 bits per heavy atom. The Morgan fingerprint density at radius 1 is 0.750 bits per heavy atom. The fraction of sp³-hybridized carbons (Fsp3) is 0.500. The predicted octanol–water partition coefficient (Wildman–Crippen LogP) is 5.72. The number of fused-ring (bicyclic) bond motifs is 2. The van der Waals surface area contributed by atoms with Gasteiger partial charge in [0, 0.05) is 60.4 Å². The number of carbonyl (C=O) groups excluding carboxylic acids is 4. The van der Waals surface area contributed by atoms with Crippen molar-refractivity contribution in [2.45, 2.75) is 128 Å². The highest BCUT2D eigenvalue weighted by atomic mass is 19.1. The minimum Gasteiger partial charge on any atom is -0.494 e. The van der Waals surface area contributed by atoms with Crippen LogP contribution in [0.5, 0.6) is 0 Å². The number of hydrogen-bond donors (Lipinski definition) is 6. The van der Waals surface area contributed by atoms with Crippen LogP contribution in [0, 0.1) is 11.6 Å². The number of likely N-dealkylation sites (N-methyl/N-ethyl adjacent to an activating group) is 2. The van der Waals surface area contributed by atoms with Gasteiger partial charge in [-0.05, 0) is 115 Å². The number of allylic oxidation sites excluding steroid dienone is 2. The minimum atomic E-state index is -2.68. The Morgan fingerprint density at radius 3 is 1.48 bits per heavy atom. The monoisotopic (exact) mass is 897 g/mol. The lowest BCUT2D eigenvalue weighted by Crippen LogP contribution is -2.53. The molecule has 4 heterocycles. The molecule has 2 aromatic heterocycles. The molecular formula is C48H64F2N8O6. The molecule has 0 radical (unpaired) electrons. The van der Waals surface area contributed by atoms with Crippen LogP contribution in [0.3, 0.4) is 0 Å². The molecule has 64 heavy (non-hydrogen) atoms. The van der Waals surface area contributed by atoms with Gasteiger partial charge in [0.25, 0.3) is 0 Å². The van der Waals surface area contributed by atoms with Crippen molar-refractivity contribution in [2.75, 3.05) is 27.0 Å². The molecule has 2 aromatic carbocycles. The van der Waals surface area contributed by atoms with Crippen molar-refractivity contribution >= 4 is 45.4 Å². The van der Waals surface area contributed by atoms with Gasteiger partial charge < -0.3 is 50.5 Å². The van der Waals surface area contributed by atoms with Crippen molar-refractivity contribution in [1.82, 2.24) is 41.0 Å². The first-order chi connectivity index (χ1) is 34.3. The van der Waals surface area contributed by atoms with Gasteiger partial charge >= 0.3 is 0 Å². The molecule has 2 saturated heterocycles. The number of aromatic amines is 2. The highest BCUT2D eigenvalue weighted by molar-refractivity contribution is 5.97. The van der Waals surface area contributed by atoms with Crippen molar-refractivity contribution in [1.29, 1.82) is 0 Å². The molecule has 14 nitrogen and oxygen atoms in total. The number of carbonyl (C=O) groups is 4. The van der Waals surface area contributed by atoms with Gasteiger partial charge in [-0.1, -0.05) is 27.0 Å². The average molecular weight is 897 g/mol. The number of amides is 4. The van der Waals surface area contributed by atoms with Crippen molar-refractivity contribution in [3.05, 3.63) is 83.8 Å². The lowest BCUT2D eigenvalue weighted by Gasteiger charge is -2.30. The quantitative estimate of drug-likeness (QED) is 0.0649. The summed E-state index contributed by atoms with van der Waals surface area (Å²) in [6.07, 6.45) is -7.24. The predicted molar refractivity (Wildman–Crippen MR) is 244 cm³/mol. The fourth-order valence-corrected chi connectivity index (χ4v) is 8.24. The summed E-state index contributed by atoms with van der Waals surface area (Å²) in [4.78, 5) is 64.6. The van der Waals surface area contributed by atoms with Gasteiger partial charge in [0.05, 0.1) is 48.1 Å². The molecule has 0 bridgehead atoms. The maximum absolute atomic E-state index is 15.2. The van der Waals surface area contributed by atoms with Gasteiger partial charge in [-0.3, -0.25) is 19.2 Å². The summed E-state index contributed by atoms with van der Waals surface area (Å²) in [5.74, 6) is -3.97. The van der Waals surface area contributed by atoms with Crippen molar-refractivity contribution in [3.63, 3.8) is 0 Å². The molecule has 4 aromatic rings. The summed E-state index contributed by atoms with van der Waals surface area (Å²) in [6, 6.07) is -0.771. The van der Waals surface area contributed by atoms with Crippen molar-refractivity contribution in [3.8, 4) is 11.4 Å². The van der Waals surface area contributed by atoms with Gasteiger partial charge in [0.1, 0.15) is 35.9 Å². The van der Waals surface area contributed by atoms with Gasteiger partial charge in [-0.25, -0.2) is 8.78 Å². The number of H-pyrrole nitrogens is 2. The molecule has 0 spiro atoms. The van der Waals surface area contributed by atoms with Gasteiger partial charge in [0.2, 0.25) is 23.6 Å². The molecule has 0 unspecified atom stereocenters.